The molecule has 0 radical (unpaired) electrons. The number of carbonyl (C=O) groups is 1. The molecule has 0 unspecified atom stereocenters. The number of aryl methyl sites for hydroxylation is 4. The Morgan fingerprint density at radius 2 is 2.14 bits per heavy atom. The molecule has 0 saturated heterocycles. The van der Waals surface area contributed by atoms with E-state index in [4.69, 9.17) is 0 Å². The van der Waals surface area contributed by atoms with Crippen LogP contribution in [0.3, 0.4) is 0 Å². The van der Waals surface area contributed by atoms with Gasteiger partial charge in [-0.2, -0.15) is 0 Å². The van der Waals surface area contributed by atoms with Gasteiger partial charge < -0.3 is 9.67 Å². The zero-order valence-corrected chi connectivity index (χ0v) is 12.6. The zero-order valence-electron chi connectivity index (χ0n) is 11.8. The van der Waals surface area contributed by atoms with Gasteiger partial charge in [0.15, 0.2) is 0 Å². The Hall–Kier alpha value is -2.21. The lowest BCUT2D eigenvalue weighted by Crippen LogP contribution is -2.03. The van der Waals surface area contributed by atoms with Crippen molar-refractivity contribution in [3.63, 3.8) is 0 Å². The average Bonchev–Trinajstić information content (AvgIpc) is 2.98. The van der Waals surface area contributed by atoms with E-state index in [0.717, 1.165) is 35.0 Å². The summed E-state index contributed by atoms with van der Waals surface area (Å²) in [5.74, 6) is -0.118. The van der Waals surface area contributed by atoms with Gasteiger partial charge in [0.05, 0.1) is 16.1 Å². The van der Waals surface area contributed by atoms with Gasteiger partial charge in [-0.3, -0.25) is 0 Å². The number of hydrogen-bond acceptors (Lipinski definition) is 4. The highest BCUT2D eigenvalue weighted by molar-refractivity contribution is 7.09. The summed E-state index contributed by atoms with van der Waals surface area (Å²) in [5, 5.41) is 12.4. The summed E-state index contributed by atoms with van der Waals surface area (Å²) in [6.07, 6.45) is 0.822. The number of rotatable bonds is 4. The lowest BCUT2D eigenvalue weighted by molar-refractivity contribution is 0.0699. The van der Waals surface area contributed by atoms with E-state index in [0.29, 0.717) is 5.52 Å². The molecule has 0 aliphatic carbocycles. The van der Waals surface area contributed by atoms with Crippen LogP contribution in [-0.4, -0.2) is 25.6 Å². The summed E-state index contributed by atoms with van der Waals surface area (Å²) >= 11 is 1.65. The molecule has 1 N–H and O–H groups in total. The first-order valence-corrected chi connectivity index (χ1v) is 7.54. The molecule has 0 saturated carbocycles. The van der Waals surface area contributed by atoms with E-state index >= 15 is 0 Å². The van der Waals surface area contributed by atoms with Crippen molar-refractivity contribution in [2.24, 2.45) is 0 Å². The van der Waals surface area contributed by atoms with Crippen LogP contribution in [0.4, 0.5) is 0 Å². The van der Waals surface area contributed by atoms with E-state index < -0.39 is 5.97 Å². The summed E-state index contributed by atoms with van der Waals surface area (Å²) in [7, 11) is 0. The molecule has 21 heavy (non-hydrogen) atoms. The van der Waals surface area contributed by atoms with E-state index in [1.54, 1.807) is 23.5 Å². The minimum atomic E-state index is -0.944. The molecule has 0 spiro atoms. The van der Waals surface area contributed by atoms with E-state index in [2.05, 4.69) is 14.5 Å². The van der Waals surface area contributed by atoms with Crippen LogP contribution in [0.1, 0.15) is 26.9 Å². The topological polar surface area (TPSA) is 68.0 Å². The maximum atomic E-state index is 11.3. The molecule has 1 aromatic carbocycles. The van der Waals surface area contributed by atoms with Crippen molar-refractivity contribution in [2.45, 2.75) is 26.8 Å². The van der Waals surface area contributed by atoms with Crippen LogP contribution >= 0.6 is 11.3 Å². The first-order chi connectivity index (χ1) is 10.1. The van der Waals surface area contributed by atoms with Gasteiger partial charge in [-0.05, 0) is 26.0 Å². The molecule has 0 amide bonds. The van der Waals surface area contributed by atoms with E-state index in [9.17, 15) is 9.90 Å². The van der Waals surface area contributed by atoms with Gasteiger partial charge in [-0.1, -0.05) is 6.07 Å². The molecule has 6 heteroatoms. The molecule has 0 atom stereocenters. The number of thiazole rings is 1. The molecule has 2 aromatic heterocycles. The molecule has 108 valence electrons. The van der Waals surface area contributed by atoms with Crippen molar-refractivity contribution in [3.8, 4) is 0 Å². The molecule has 0 aliphatic heterocycles. The Labute approximate surface area is 125 Å². The number of aromatic nitrogens is 3. The van der Waals surface area contributed by atoms with E-state index in [-0.39, 0.29) is 5.56 Å². The van der Waals surface area contributed by atoms with Gasteiger partial charge in [-0.25, -0.2) is 14.8 Å². The fraction of sp³-hybridized carbons (Fsp3) is 0.267. The summed E-state index contributed by atoms with van der Waals surface area (Å²) in [6, 6.07) is 5.26. The fourth-order valence-electron chi connectivity index (χ4n) is 2.44. The largest absolute Gasteiger partial charge is 0.478 e. The quantitative estimate of drug-likeness (QED) is 0.804. The number of carboxylic acids is 1. The first-order valence-electron chi connectivity index (χ1n) is 6.66. The van der Waals surface area contributed by atoms with Crippen LogP contribution in [0.15, 0.2) is 23.6 Å². The summed E-state index contributed by atoms with van der Waals surface area (Å²) in [6.45, 7) is 4.63. The molecular weight excluding hydrogens is 286 g/mol. The van der Waals surface area contributed by atoms with Crippen molar-refractivity contribution in [1.82, 2.24) is 14.5 Å². The summed E-state index contributed by atoms with van der Waals surface area (Å²) < 4.78 is 2.05. The Balaban J connectivity index is 1.97. The van der Waals surface area contributed by atoms with Crippen LogP contribution in [0.25, 0.3) is 11.0 Å². The van der Waals surface area contributed by atoms with Gasteiger partial charge in [0.1, 0.15) is 11.3 Å². The number of nitrogens with zero attached hydrogens (tertiary/aromatic N) is 3. The number of aromatic carboxylic acids is 1. The van der Waals surface area contributed by atoms with Gasteiger partial charge in [0.25, 0.3) is 0 Å². The lowest BCUT2D eigenvalue weighted by Gasteiger charge is -2.05. The lowest BCUT2D eigenvalue weighted by atomic mass is 10.2. The first kappa shape index (κ1) is 13.8. The second-order valence-electron chi connectivity index (χ2n) is 4.92. The SMILES string of the molecule is Cc1csc(CCn2c(C)nc3c(C(=O)O)cccc32)n1. The maximum Gasteiger partial charge on any atom is 0.337 e. The third-order valence-corrected chi connectivity index (χ3v) is 4.44. The van der Waals surface area contributed by atoms with Crippen molar-refractivity contribution in [1.29, 1.82) is 0 Å². The van der Waals surface area contributed by atoms with Crippen molar-refractivity contribution in [2.75, 3.05) is 0 Å². The van der Waals surface area contributed by atoms with Crippen molar-refractivity contribution < 1.29 is 9.90 Å². The highest BCUT2D eigenvalue weighted by Crippen LogP contribution is 2.21. The van der Waals surface area contributed by atoms with Crippen LogP contribution in [-0.2, 0) is 13.0 Å². The monoisotopic (exact) mass is 301 g/mol. The van der Waals surface area contributed by atoms with Crippen molar-refractivity contribution in [3.05, 3.63) is 45.7 Å². The summed E-state index contributed by atoms with van der Waals surface area (Å²) in [4.78, 5) is 20.1. The Kier molecular flexibility index (Phi) is 3.47. The molecule has 3 aromatic rings. The Morgan fingerprint density at radius 1 is 1.33 bits per heavy atom. The number of carboxylic acid groups (broad SMARTS) is 1. The standard InChI is InChI=1S/C15H15N3O2S/c1-9-8-21-13(16-9)6-7-18-10(2)17-14-11(15(19)20)4-3-5-12(14)18/h3-5,8H,6-7H2,1-2H3,(H,19,20). The van der Waals surface area contributed by atoms with Crippen LogP contribution in [0, 0.1) is 13.8 Å². The van der Waals surface area contributed by atoms with Crippen LogP contribution < -0.4 is 0 Å². The second-order valence-corrected chi connectivity index (χ2v) is 5.86. The number of para-hydroxylation sites is 1. The van der Waals surface area contributed by atoms with Gasteiger partial charge in [0.2, 0.25) is 0 Å². The molecule has 5 nitrogen and oxygen atoms in total. The molecule has 3 rings (SSSR count). The van der Waals surface area contributed by atoms with Gasteiger partial charge in [-0.15, -0.1) is 11.3 Å². The molecule has 0 aliphatic rings. The minimum absolute atomic E-state index is 0.249. The maximum absolute atomic E-state index is 11.3. The molecule has 0 bridgehead atoms. The normalized spacial score (nSPS) is 11.1. The highest BCUT2D eigenvalue weighted by atomic mass is 32.1. The Morgan fingerprint density at radius 3 is 2.81 bits per heavy atom. The van der Waals surface area contributed by atoms with E-state index in [1.807, 2.05) is 25.3 Å². The minimum Gasteiger partial charge on any atom is -0.478 e. The third kappa shape index (κ3) is 2.54. The number of hydrogen-bond donors (Lipinski definition) is 1. The zero-order chi connectivity index (χ0) is 15.0. The predicted molar refractivity (Wildman–Crippen MR) is 82.0 cm³/mol. The Bertz CT molecular complexity index is 820. The van der Waals surface area contributed by atoms with Gasteiger partial charge in [0, 0.05) is 24.0 Å². The predicted octanol–water partition coefficient (Wildman–Crippen LogP) is 3.05. The van der Waals surface area contributed by atoms with Crippen LogP contribution in [0.2, 0.25) is 0 Å². The third-order valence-electron chi connectivity index (χ3n) is 3.42. The highest BCUT2D eigenvalue weighted by Gasteiger charge is 2.15. The smallest absolute Gasteiger partial charge is 0.337 e. The number of benzene rings is 1. The molecule has 2 heterocycles. The number of fused-ring (bicyclic) bond motifs is 1. The molecular formula is C15H15N3O2S. The molecule has 0 fully saturated rings. The number of imidazole rings is 1. The van der Waals surface area contributed by atoms with E-state index in [1.165, 1.54) is 0 Å². The second kappa shape index (κ2) is 5.29. The van der Waals surface area contributed by atoms with Crippen molar-refractivity contribution >= 4 is 28.3 Å². The average molecular weight is 301 g/mol. The fourth-order valence-corrected chi connectivity index (χ4v) is 3.21. The summed E-state index contributed by atoms with van der Waals surface area (Å²) in [5.41, 5.74) is 2.70. The van der Waals surface area contributed by atoms with Crippen LogP contribution in [0.5, 0.6) is 0 Å². The van der Waals surface area contributed by atoms with Gasteiger partial charge >= 0.3 is 5.97 Å².